The second-order valence-electron chi connectivity index (χ2n) is 5.99. The lowest BCUT2D eigenvalue weighted by molar-refractivity contribution is -0.119. The maximum atomic E-state index is 12.9. The average molecular weight is 345 g/mol. The first-order valence-electron chi connectivity index (χ1n) is 8.18. The minimum atomic E-state index is -0.235. The summed E-state index contributed by atoms with van der Waals surface area (Å²) in [5.74, 6) is 0.903. The van der Waals surface area contributed by atoms with Crippen molar-refractivity contribution in [1.29, 1.82) is 0 Å². The molecule has 1 atom stereocenters. The second-order valence-corrected chi connectivity index (χ2v) is 6.98. The maximum absolute atomic E-state index is 12.9. The third-order valence-corrected chi connectivity index (χ3v) is 5.10. The molecular weight excluding hydrogens is 321 g/mol. The van der Waals surface area contributed by atoms with E-state index in [1.165, 1.54) is 35.0 Å². The molecule has 2 rings (SSSR count). The van der Waals surface area contributed by atoms with Gasteiger partial charge in [0.15, 0.2) is 0 Å². The van der Waals surface area contributed by atoms with Gasteiger partial charge in [0.1, 0.15) is 5.82 Å². The summed E-state index contributed by atoms with van der Waals surface area (Å²) < 4.78 is 12.9. The Hall–Kier alpha value is -1.81. The molecule has 0 aliphatic heterocycles. The molecule has 0 spiro atoms. The molecule has 128 valence electrons. The Balaban J connectivity index is 1.85. The van der Waals surface area contributed by atoms with Gasteiger partial charge in [-0.2, -0.15) is 0 Å². The predicted molar refractivity (Wildman–Crippen MR) is 99.7 cm³/mol. The molecule has 0 saturated carbocycles. The van der Waals surface area contributed by atoms with E-state index in [1.807, 2.05) is 0 Å². The van der Waals surface area contributed by atoms with Crippen LogP contribution in [0.5, 0.6) is 0 Å². The molecule has 0 aromatic heterocycles. The van der Waals surface area contributed by atoms with Crippen LogP contribution in [-0.4, -0.2) is 11.7 Å². The highest BCUT2D eigenvalue weighted by Crippen LogP contribution is 2.20. The SMILES string of the molecule is CCC(NC(=O)CSCc1ccc(F)cc1)c1ccc(C)c(C)c1. The summed E-state index contributed by atoms with van der Waals surface area (Å²) in [5, 5.41) is 3.11. The molecule has 4 heteroatoms. The highest BCUT2D eigenvalue weighted by atomic mass is 32.2. The van der Waals surface area contributed by atoms with E-state index in [0.717, 1.165) is 17.5 Å². The molecule has 2 aromatic rings. The van der Waals surface area contributed by atoms with Gasteiger partial charge in [0, 0.05) is 5.75 Å². The van der Waals surface area contributed by atoms with E-state index in [2.05, 4.69) is 44.3 Å². The first-order chi connectivity index (χ1) is 11.5. The van der Waals surface area contributed by atoms with Gasteiger partial charge in [-0.1, -0.05) is 37.3 Å². The number of hydrogen-bond donors (Lipinski definition) is 1. The molecule has 1 N–H and O–H groups in total. The Morgan fingerprint density at radius 1 is 1.12 bits per heavy atom. The molecule has 0 aliphatic rings. The lowest BCUT2D eigenvalue weighted by Gasteiger charge is -2.18. The van der Waals surface area contributed by atoms with Crippen LogP contribution in [0, 0.1) is 19.7 Å². The summed E-state index contributed by atoms with van der Waals surface area (Å²) in [7, 11) is 0. The molecule has 0 saturated heterocycles. The first-order valence-corrected chi connectivity index (χ1v) is 9.33. The van der Waals surface area contributed by atoms with E-state index in [-0.39, 0.29) is 17.8 Å². The Morgan fingerprint density at radius 2 is 1.83 bits per heavy atom. The molecule has 2 nitrogen and oxygen atoms in total. The highest BCUT2D eigenvalue weighted by Gasteiger charge is 2.13. The lowest BCUT2D eigenvalue weighted by atomic mass is 9.99. The minimum Gasteiger partial charge on any atom is -0.349 e. The zero-order valence-corrected chi connectivity index (χ0v) is 15.3. The van der Waals surface area contributed by atoms with Crippen molar-refractivity contribution in [2.75, 3.05) is 5.75 Å². The van der Waals surface area contributed by atoms with Gasteiger partial charge in [-0.25, -0.2) is 4.39 Å². The Bertz CT molecular complexity index is 685. The summed E-state index contributed by atoms with van der Waals surface area (Å²) in [6.45, 7) is 6.25. The van der Waals surface area contributed by atoms with E-state index in [0.29, 0.717) is 11.5 Å². The van der Waals surface area contributed by atoms with Crippen LogP contribution in [0.15, 0.2) is 42.5 Å². The van der Waals surface area contributed by atoms with Crippen molar-refractivity contribution in [3.8, 4) is 0 Å². The molecule has 2 aromatic carbocycles. The van der Waals surface area contributed by atoms with Gasteiger partial charge in [0.2, 0.25) is 5.91 Å². The number of nitrogens with one attached hydrogen (secondary N) is 1. The van der Waals surface area contributed by atoms with Gasteiger partial charge in [0.05, 0.1) is 11.8 Å². The number of aryl methyl sites for hydroxylation is 2. The average Bonchev–Trinajstić information content (AvgIpc) is 2.57. The lowest BCUT2D eigenvalue weighted by Crippen LogP contribution is -2.29. The van der Waals surface area contributed by atoms with Crippen molar-refractivity contribution >= 4 is 17.7 Å². The number of carbonyl (C=O) groups excluding carboxylic acids is 1. The van der Waals surface area contributed by atoms with Crippen LogP contribution in [0.25, 0.3) is 0 Å². The monoisotopic (exact) mass is 345 g/mol. The number of rotatable bonds is 7. The topological polar surface area (TPSA) is 29.1 Å². The van der Waals surface area contributed by atoms with Crippen molar-refractivity contribution in [1.82, 2.24) is 5.32 Å². The second kappa shape index (κ2) is 8.88. The third kappa shape index (κ3) is 5.38. The summed E-state index contributed by atoms with van der Waals surface area (Å²) in [4.78, 5) is 12.2. The van der Waals surface area contributed by atoms with Gasteiger partial charge >= 0.3 is 0 Å². The van der Waals surface area contributed by atoms with Crippen molar-refractivity contribution in [2.45, 2.75) is 39.0 Å². The molecule has 1 unspecified atom stereocenters. The Morgan fingerprint density at radius 3 is 2.46 bits per heavy atom. The molecule has 24 heavy (non-hydrogen) atoms. The summed E-state index contributed by atoms with van der Waals surface area (Å²) in [6, 6.07) is 12.8. The number of amides is 1. The molecule has 0 radical (unpaired) electrons. The fourth-order valence-electron chi connectivity index (χ4n) is 2.48. The molecular formula is C20H24FNOS. The van der Waals surface area contributed by atoms with Gasteiger partial charge < -0.3 is 5.32 Å². The standard InChI is InChI=1S/C20H24FNOS/c1-4-19(17-8-5-14(2)15(3)11-17)22-20(23)13-24-12-16-6-9-18(21)10-7-16/h5-11,19H,4,12-13H2,1-3H3,(H,22,23). The number of thioether (sulfide) groups is 1. The molecule has 1 amide bonds. The van der Waals surface area contributed by atoms with Crippen LogP contribution in [0.3, 0.4) is 0 Å². The quantitative estimate of drug-likeness (QED) is 0.770. The number of hydrogen-bond acceptors (Lipinski definition) is 2. The van der Waals surface area contributed by atoms with E-state index >= 15 is 0 Å². The smallest absolute Gasteiger partial charge is 0.230 e. The van der Waals surface area contributed by atoms with Crippen LogP contribution in [0.4, 0.5) is 4.39 Å². The number of halogens is 1. The zero-order valence-electron chi connectivity index (χ0n) is 14.4. The van der Waals surface area contributed by atoms with E-state index in [9.17, 15) is 9.18 Å². The third-order valence-electron chi connectivity index (χ3n) is 4.09. The Kier molecular flexibility index (Phi) is 6.85. The Labute approximate surface area is 147 Å². The van der Waals surface area contributed by atoms with Crippen LogP contribution < -0.4 is 5.32 Å². The van der Waals surface area contributed by atoms with Crippen molar-refractivity contribution in [3.63, 3.8) is 0 Å². The van der Waals surface area contributed by atoms with E-state index < -0.39 is 0 Å². The van der Waals surface area contributed by atoms with Crippen LogP contribution in [-0.2, 0) is 10.5 Å². The summed E-state index contributed by atoms with van der Waals surface area (Å²) in [6.07, 6.45) is 0.858. The van der Waals surface area contributed by atoms with Gasteiger partial charge in [-0.3, -0.25) is 4.79 Å². The molecule has 0 heterocycles. The van der Waals surface area contributed by atoms with Gasteiger partial charge in [-0.15, -0.1) is 11.8 Å². The molecule has 0 aliphatic carbocycles. The molecule has 0 bridgehead atoms. The summed E-state index contributed by atoms with van der Waals surface area (Å²) >= 11 is 1.54. The first kappa shape index (κ1) is 18.5. The van der Waals surface area contributed by atoms with Crippen molar-refractivity contribution < 1.29 is 9.18 Å². The predicted octanol–water partition coefficient (Wildman–Crippen LogP) is 4.94. The number of benzene rings is 2. The molecule has 0 fully saturated rings. The normalized spacial score (nSPS) is 12.0. The zero-order chi connectivity index (χ0) is 17.5. The van der Waals surface area contributed by atoms with Crippen LogP contribution in [0.2, 0.25) is 0 Å². The summed E-state index contributed by atoms with van der Waals surface area (Å²) in [5.41, 5.74) is 4.67. The largest absolute Gasteiger partial charge is 0.349 e. The van der Waals surface area contributed by atoms with E-state index in [1.54, 1.807) is 12.1 Å². The maximum Gasteiger partial charge on any atom is 0.230 e. The fourth-order valence-corrected chi connectivity index (χ4v) is 3.28. The van der Waals surface area contributed by atoms with Gasteiger partial charge in [0.25, 0.3) is 0 Å². The highest BCUT2D eigenvalue weighted by molar-refractivity contribution is 7.99. The van der Waals surface area contributed by atoms with E-state index in [4.69, 9.17) is 0 Å². The van der Waals surface area contributed by atoms with Crippen molar-refractivity contribution in [3.05, 3.63) is 70.5 Å². The number of carbonyl (C=O) groups is 1. The van der Waals surface area contributed by atoms with Gasteiger partial charge in [-0.05, 0) is 54.7 Å². The van der Waals surface area contributed by atoms with Crippen molar-refractivity contribution in [2.24, 2.45) is 0 Å². The minimum absolute atomic E-state index is 0.0344. The van der Waals surface area contributed by atoms with Crippen LogP contribution >= 0.6 is 11.8 Å². The fraction of sp³-hybridized carbons (Fsp3) is 0.350. The van der Waals surface area contributed by atoms with Crippen LogP contribution in [0.1, 0.15) is 41.6 Å².